The molecule has 0 aromatic carbocycles. The van der Waals surface area contributed by atoms with E-state index in [1.54, 1.807) is 0 Å². The zero-order chi connectivity index (χ0) is 12.5. The van der Waals surface area contributed by atoms with E-state index in [9.17, 15) is 9.59 Å². The van der Waals surface area contributed by atoms with Gasteiger partial charge in [0.15, 0.2) is 6.29 Å². The summed E-state index contributed by atoms with van der Waals surface area (Å²) in [4.78, 5) is 22.3. The first-order valence-electron chi connectivity index (χ1n) is 6.04. The maximum absolute atomic E-state index is 11.5. The van der Waals surface area contributed by atoms with Crippen LogP contribution in [0.15, 0.2) is 0 Å². The summed E-state index contributed by atoms with van der Waals surface area (Å²) in [6, 6.07) is 0. The summed E-state index contributed by atoms with van der Waals surface area (Å²) in [5.74, 6) is -0.122. The molecule has 0 aliphatic carbocycles. The molecule has 1 heterocycles. The number of rotatable bonds is 7. The van der Waals surface area contributed by atoms with Gasteiger partial charge in [-0.25, -0.2) is 0 Å². The highest BCUT2D eigenvalue weighted by molar-refractivity contribution is 5.79. The van der Waals surface area contributed by atoms with E-state index in [2.05, 4.69) is 4.74 Å². The molecule has 0 unspecified atom stereocenters. The second kappa shape index (κ2) is 8.20. The highest BCUT2D eigenvalue weighted by atomic mass is 16.7. The number of ether oxygens (including phenoxy) is 3. The molecule has 0 aromatic rings. The third kappa shape index (κ3) is 6.38. The molecule has 0 spiro atoms. The normalized spacial score (nSPS) is 16.8. The van der Waals surface area contributed by atoms with Gasteiger partial charge < -0.3 is 14.2 Å². The van der Waals surface area contributed by atoms with Crippen LogP contribution in [-0.4, -0.2) is 38.4 Å². The minimum absolute atomic E-state index is 0.145. The third-order valence-corrected chi connectivity index (χ3v) is 2.62. The van der Waals surface area contributed by atoms with E-state index in [0.717, 1.165) is 6.42 Å². The zero-order valence-corrected chi connectivity index (χ0v) is 10.3. The molecule has 1 saturated heterocycles. The van der Waals surface area contributed by atoms with Gasteiger partial charge in [-0.05, 0) is 12.8 Å². The summed E-state index contributed by atoms with van der Waals surface area (Å²) in [7, 11) is 1.35. The Balaban J connectivity index is 2.02. The molecule has 0 bridgehead atoms. The van der Waals surface area contributed by atoms with Crippen LogP contribution in [0, 0.1) is 0 Å². The van der Waals surface area contributed by atoms with Crippen molar-refractivity contribution in [3.8, 4) is 0 Å². The molecule has 17 heavy (non-hydrogen) atoms. The van der Waals surface area contributed by atoms with Crippen molar-refractivity contribution < 1.29 is 23.8 Å². The van der Waals surface area contributed by atoms with Crippen molar-refractivity contribution >= 4 is 11.8 Å². The fraction of sp³-hybridized carbons (Fsp3) is 0.833. The molecule has 0 saturated carbocycles. The highest BCUT2D eigenvalue weighted by Crippen LogP contribution is 2.12. The van der Waals surface area contributed by atoms with Crippen molar-refractivity contribution in [1.29, 1.82) is 0 Å². The van der Waals surface area contributed by atoms with Crippen molar-refractivity contribution in [1.82, 2.24) is 0 Å². The molecule has 0 atom stereocenters. The van der Waals surface area contributed by atoms with Gasteiger partial charge in [0, 0.05) is 25.7 Å². The van der Waals surface area contributed by atoms with E-state index < -0.39 is 0 Å². The minimum Gasteiger partial charge on any atom is -0.469 e. The van der Waals surface area contributed by atoms with Crippen molar-refractivity contribution in [2.45, 2.75) is 44.8 Å². The highest BCUT2D eigenvalue weighted by Gasteiger charge is 2.15. The average Bonchev–Trinajstić information content (AvgIpc) is 2.37. The Morgan fingerprint density at radius 1 is 1.18 bits per heavy atom. The Labute approximate surface area is 101 Å². The van der Waals surface area contributed by atoms with Crippen LogP contribution in [0.1, 0.15) is 38.5 Å². The van der Waals surface area contributed by atoms with E-state index in [0.29, 0.717) is 45.3 Å². The summed E-state index contributed by atoms with van der Waals surface area (Å²) < 4.78 is 15.2. The molecular weight excluding hydrogens is 224 g/mol. The Morgan fingerprint density at radius 3 is 2.53 bits per heavy atom. The molecule has 5 heteroatoms. The van der Waals surface area contributed by atoms with Crippen LogP contribution in [0.2, 0.25) is 0 Å². The predicted molar refractivity (Wildman–Crippen MR) is 60.4 cm³/mol. The van der Waals surface area contributed by atoms with E-state index >= 15 is 0 Å². The first-order valence-corrected chi connectivity index (χ1v) is 6.04. The fourth-order valence-corrected chi connectivity index (χ4v) is 1.64. The Hall–Kier alpha value is -0.940. The quantitative estimate of drug-likeness (QED) is 0.634. The van der Waals surface area contributed by atoms with Crippen LogP contribution in [0.5, 0.6) is 0 Å². The standard InChI is InChI=1S/C12H20O5/c1-15-11(14)5-2-4-10(13)6-7-12-16-8-3-9-17-12/h12H,2-9H2,1H3. The molecule has 5 nitrogen and oxygen atoms in total. The number of hydrogen-bond acceptors (Lipinski definition) is 5. The molecule has 0 radical (unpaired) electrons. The summed E-state index contributed by atoms with van der Waals surface area (Å²) in [6.07, 6.45) is 3.03. The number of ketones is 1. The molecule has 1 aliphatic heterocycles. The van der Waals surface area contributed by atoms with Gasteiger partial charge in [-0.1, -0.05) is 0 Å². The first kappa shape index (κ1) is 14.1. The van der Waals surface area contributed by atoms with E-state index in [1.807, 2.05) is 0 Å². The van der Waals surface area contributed by atoms with Crippen LogP contribution >= 0.6 is 0 Å². The van der Waals surface area contributed by atoms with Crippen molar-refractivity contribution in [2.24, 2.45) is 0 Å². The van der Waals surface area contributed by atoms with Crippen molar-refractivity contribution in [3.05, 3.63) is 0 Å². The maximum Gasteiger partial charge on any atom is 0.305 e. The number of carbonyl (C=O) groups is 2. The zero-order valence-electron chi connectivity index (χ0n) is 10.3. The monoisotopic (exact) mass is 244 g/mol. The third-order valence-electron chi connectivity index (χ3n) is 2.62. The SMILES string of the molecule is COC(=O)CCCC(=O)CCC1OCCCO1. The molecule has 0 amide bonds. The number of methoxy groups -OCH3 is 1. The van der Waals surface area contributed by atoms with Gasteiger partial charge in [0.2, 0.25) is 0 Å². The summed E-state index contributed by atoms with van der Waals surface area (Å²) >= 11 is 0. The van der Waals surface area contributed by atoms with Crippen molar-refractivity contribution in [3.63, 3.8) is 0 Å². The summed E-state index contributed by atoms with van der Waals surface area (Å²) in [6.45, 7) is 1.42. The number of carbonyl (C=O) groups excluding carboxylic acids is 2. The van der Waals surface area contributed by atoms with Gasteiger partial charge in [0.05, 0.1) is 20.3 Å². The maximum atomic E-state index is 11.5. The first-order chi connectivity index (χ1) is 8.22. The van der Waals surface area contributed by atoms with Gasteiger partial charge >= 0.3 is 5.97 Å². The van der Waals surface area contributed by atoms with E-state index in [-0.39, 0.29) is 18.0 Å². The Morgan fingerprint density at radius 2 is 1.88 bits per heavy atom. The second-order valence-corrected chi connectivity index (χ2v) is 4.03. The van der Waals surface area contributed by atoms with Crippen LogP contribution in [0.25, 0.3) is 0 Å². The Kier molecular flexibility index (Phi) is 6.81. The molecule has 98 valence electrons. The molecular formula is C12H20O5. The number of hydrogen-bond donors (Lipinski definition) is 0. The lowest BCUT2D eigenvalue weighted by Crippen LogP contribution is -2.25. The van der Waals surface area contributed by atoms with Crippen molar-refractivity contribution in [2.75, 3.05) is 20.3 Å². The smallest absolute Gasteiger partial charge is 0.305 e. The van der Waals surface area contributed by atoms with Crippen LogP contribution < -0.4 is 0 Å². The second-order valence-electron chi connectivity index (χ2n) is 4.03. The fourth-order valence-electron chi connectivity index (χ4n) is 1.64. The van der Waals surface area contributed by atoms with Gasteiger partial charge in [-0.3, -0.25) is 9.59 Å². The predicted octanol–water partition coefficient (Wildman–Crippen LogP) is 1.44. The molecule has 1 fully saturated rings. The lowest BCUT2D eigenvalue weighted by molar-refractivity contribution is -0.182. The van der Waals surface area contributed by atoms with Crippen LogP contribution in [0.4, 0.5) is 0 Å². The van der Waals surface area contributed by atoms with E-state index in [4.69, 9.17) is 9.47 Å². The lowest BCUT2D eigenvalue weighted by Gasteiger charge is -2.22. The minimum atomic E-state index is -0.267. The van der Waals surface area contributed by atoms with Gasteiger partial charge in [-0.2, -0.15) is 0 Å². The molecule has 1 rings (SSSR count). The van der Waals surface area contributed by atoms with Crippen LogP contribution in [-0.2, 0) is 23.8 Å². The summed E-state index contributed by atoms with van der Waals surface area (Å²) in [5.41, 5.74) is 0. The van der Waals surface area contributed by atoms with Gasteiger partial charge in [-0.15, -0.1) is 0 Å². The number of esters is 1. The lowest BCUT2D eigenvalue weighted by atomic mass is 10.1. The molecule has 0 aromatic heterocycles. The Bertz CT molecular complexity index is 245. The molecule has 0 N–H and O–H groups in total. The summed E-state index contributed by atoms with van der Waals surface area (Å²) in [5, 5.41) is 0. The topological polar surface area (TPSA) is 61.8 Å². The average molecular weight is 244 g/mol. The van der Waals surface area contributed by atoms with E-state index in [1.165, 1.54) is 7.11 Å². The largest absolute Gasteiger partial charge is 0.469 e. The molecule has 1 aliphatic rings. The number of Topliss-reactive ketones (excluding diaryl/α,β-unsaturated/α-hetero) is 1. The van der Waals surface area contributed by atoms with Gasteiger partial charge in [0.1, 0.15) is 5.78 Å². The van der Waals surface area contributed by atoms with Gasteiger partial charge in [0.25, 0.3) is 0 Å². The van der Waals surface area contributed by atoms with Crippen LogP contribution in [0.3, 0.4) is 0 Å².